The van der Waals surface area contributed by atoms with Crippen LogP contribution in [0.25, 0.3) is 0 Å². The number of azo groups is 1. The SMILES string of the molecule is CN=CCCS(=O)(=O)c1ccc(N=Nc2ccc(C)cc2)cc1. The lowest BCUT2D eigenvalue weighted by Gasteiger charge is -2.02. The average molecular weight is 329 g/mol. The molecule has 0 aliphatic rings. The number of aryl methyl sites for hydroxylation is 1. The van der Waals surface area contributed by atoms with Gasteiger partial charge in [-0.25, -0.2) is 8.42 Å². The summed E-state index contributed by atoms with van der Waals surface area (Å²) in [5, 5.41) is 8.24. The highest BCUT2D eigenvalue weighted by molar-refractivity contribution is 7.91. The van der Waals surface area contributed by atoms with E-state index in [0.717, 1.165) is 11.3 Å². The number of nitrogens with zero attached hydrogens (tertiary/aromatic N) is 3. The summed E-state index contributed by atoms with van der Waals surface area (Å²) >= 11 is 0. The van der Waals surface area contributed by atoms with Crippen LogP contribution in [0.3, 0.4) is 0 Å². The van der Waals surface area contributed by atoms with Crippen LogP contribution in [0.4, 0.5) is 11.4 Å². The van der Waals surface area contributed by atoms with E-state index >= 15 is 0 Å². The average Bonchev–Trinajstić information content (AvgIpc) is 2.55. The number of sulfone groups is 1. The van der Waals surface area contributed by atoms with E-state index in [-0.39, 0.29) is 10.6 Å². The molecule has 0 saturated heterocycles. The lowest BCUT2D eigenvalue weighted by atomic mass is 10.2. The fourth-order valence-electron chi connectivity index (χ4n) is 1.90. The van der Waals surface area contributed by atoms with Crippen LogP contribution < -0.4 is 0 Å². The van der Waals surface area contributed by atoms with Crippen LogP contribution in [0, 0.1) is 6.92 Å². The standard InChI is InChI=1S/C17H19N3O2S/c1-14-4-6-15(7-5-14)19-20-16-8-10-17(11-9-16)23(21,22)13-3-12-18-2/h4-12H,3,13H2,1-2H3. The van der Waals surface area contributed by atoms with Crippen molar-refractivity contribution in [3.63, 3.8) is 0 Å². The molecule has 6 heteroatoms. The Morgan fingerprint density at radius 1 is 0.913 bits per heavy atom. The molecule has 2 rings (SSSR count). The minimum absolute atomic E-state index is 0.0502. The van der Waals surface area contributed by atoms with Gasteiger partial charge in [-0.05, 0) is 56.0 Å². The van der Waals surface area contributed by atoms with E-state index in [1.807, 2.05) is 31.2 Å². The van der Waals surface area contributed by atoms with Gasteiger partial charge >= 0.3 is 0 Å². The van der Waals surface area contributed by atoms with Gasteiger partial charge in [-0.2, -0.15) is 10.2 Å². The first-order chi connectivity index (χ1) is 11.0. The van der Waals surface area contributed by atoms with Gasteiger partial charge in [0.25, 0.3) is 0 Å². The summed E-state index contributed by atoms with van der Waals surface area (Å²) in [6.07, 6.45) is 2.01. The quantitative estimate of drug-likeness (QED) is 0.586. The molecule has 120 valence electrons. The van der Waals surface area contributed by atoms with Crippen molar-refractivity contribution in [1.82, 2.24) is 0 Å². The highest BCUT2D eigenvalue weighted by atomic mass is 32.2. The molecule has 2 aromatic carbocycles. The summed E-state index contributed by atoms with van der Waals surface area (Å²) in [4.78, 5) is 4.08. The van der Waals surface area contributed by atoms with Gasteiger partial charge < -0.3 is 4.99 Å². The topological polar surface area (TPSA) is 71.2 Å². The molecule has 0 unspecified atom stereocenters. The van der Waals surface area contributed by atoms with Crippen molar-refractivity contribution >= 4 is 27.4 Å². The molecule has 0 atom stereocenters. The Morgan fingerprint density at radius 2 is 1.43 bits per heavy atom. The van der Waals surface area contributed by atoms with Crippen molar-refractivity contribution < 1.29 is 8.42 Å². The predicted octanol–water partition coefficient (Wildman–Crippen LogP) is 4.27. The first-order valence-electron chi connectivity index (χ1n) is 7.23. The van der Waals surface area contributed by atoms with Crippen LogP contribution in [-0.4, -0.2) is 27.4 Å². The summed E-state index contributed by atoms with van der Waals surface area (Å²) < 4.78 is 24.2. The molecule has 2 aromatic rings. The van der Waals surface area contributed by atoms with Crippen molar-refractivity contribution in [1.29, 1.82) is 0 Å². The zero-order valence-corrected chi connectivity index (χ0v) is 14.0. The first kappa shape index (κ1) is 17.0. The van der Waals surface area contributed by atoms with Crippen LogP contribution >= 0.6 is 0 Å². The van der Waals surface area contributed by atoms with Crippen molar-refractivity contribution in [3.05, 3.63) is 54.1 Å². The Kier molecular flexibility index (Phi) is 5.76. The third-order valence-electron chi connectivity index (χ3n) is 3.21. The maximum absolute atomic E-state index is 12.1. The number of rotatable bonds is 6. The largest absolute Gasteiger partial charge is 0.301 e. The molecular weight excluding hydrogens is 310 g/mol. The molecule has 0 radical (unpaired) electrons. The zero-order valence-electron chi connectivity index (χ0n) is 13.2. The van der Waals surface area contributed by atoms with Crippen LogP contribution in [0.5, 0.6) is 0 Å². The van der Waals surface area contributed by atoms with Gasteiger partial charge in [0, 0.05) is 7.05 Å². The molecule has 0 bridgehead atoms. The Balaban J connectivity index is 2.08. The van der Waals surface area contributed by atoms with E-state index in [1.54, 1.807) is 37.5 Å². The van der Waals surface area contributed by atoms with Crippen molar-refractivity contribution in [2.45, 2.75) is 18.2 Å². The van der Waals surface area contributed by atoms with Crippen molar-refractivity contribution in [2.24, 2.45) is 15.2 Å². The van der Waals surface area contributed by atoms with Gasteiger partial charge in [-0.1, -0.05) is 17.7 Å². The normalized spacial score (nSPS) is 12.3. The van der Waals surface area contributed by atoms with E-state index in [9.17, 15) is 8.42 Å². The lowest BCUT2D eigenvalue weighted by Crippen LogP contribution is -2.06. The highest BCUT2D eigenvalue weighted by Crippen LogP contribution is 2.21. The summed E-state index contributed by atoms with van der Waals surface area (Å²) in [6.45, 7) is 2.01. The molecule has 0 N–H and O–H groups in total. The van der Waals surface area contributed by atoms with Crippen molar-refractivity contribution in [2.75, 3.05) is 12.8 Å². The second-order valence-corrected chi connectivity index (χ2v) is 7.19. The van der Waals surface area contributed by atoms with Gasteiger partial charge in [0.1, 0.15) is 0 Å². The molecule has 0 aliphatic heterocycles. The molecule has 23 heavy (non-hydrogen) atoms. The number of aliphatic imine (C=N–C) groups is 1. The smallest absolute Gasteiger partial charge is 0.178 e. The molecule has 0 fully saturated rings. The van der Waals surface area contributed by atoms with E-state index in [2.05, 4.69) is 15.2 Å². The molecule has 0 spiro atoms. The third kappa shape index (κ3) is 5.10. The number of benzene rings is 2. The van der Waals surface area contributed by atoms with E-state index in [0.29, 0.717) is 12.1 Å². The van der Waals surface area contributed by atoms with E-state index < -0.39 is 9.84 Å². The Bertz CT molecular complexity index is 793. The molecule has 0 heterocycles. The van der Waals surface area contributed by atoms with E-state index in [4.69, 9.17) is 0 Å². The Hall–Kier alpha value is -2.34. The molecule has 5 nitrogen and oxygen atoms in total. The fourth-order valence-corrected chi connectivity index (χ4v) is 3.10. The maximum atomic E-state index is 12.1. The van der Waals surface area contributed by atoms with Crippen LogP contribution in [-0.2, 0) is 9.84 Å². The monoisotopic (exact) mass is 329 g/mol. The van der Waals surface area contributed by atoms with Crippen LogP contribution in [0.15, 0.2) is 68.6 Å². The molecule has 0 aliphatic carbocycles. The summed E-state index contributed by atoms with van der Waals surface area (Å²) in [7, 11) is -1.66. The summed E-state index contributed by atoms with van der Waals surface area (Å²) in [5.41, 5.74) is 2.53. The summed E-state index contributed by atoms with van der Waals surface area (Å²) in [6, 6.07) is 14.1. The van der Waals surface area contributed by atoms with Crippen LogP contribution in [0.1, 0.15) is 12.0 Å². The van der Waals surface area contributed by atoms with E-state index in [1.165, 1.54) is 0 Å². The van der Waals surface area contributed by atoms with Gasteiger partial charge in [0.05, 0.1) is 22.0 Å². The third-order valence-corrected chi connectivity index (χ3v) is 4.97. The van der Waals surface area contributed by atoms with Gasteiger partial charge in [-0.3, -0.25) is 0 Å². The highest BCUT2D eigenvalue weighted by Gasteiger charge is 2.13. The number of hydrogen-bond acceptors (Lipinski definition) is 5. The molecule has 0 amide bonds. The second-order valence-electron chi connectivity index (χ2n) is 5.08. The minimum atomic E-state index is -3.28. The number of hydrogen-bond donors (Lipinski definition) is 0. The second kappa shape index (κ2) is 7.78. The minimum Gasteiger partial charge on any atom is -0.301 e. The van der Waals surface area contributed by atoms with Gasteiger partial charge in [0.2, 0.25) is 0 Å². The fraction of sp³-hybridized carbons (Fsp3) is 0.235. The van der Waals surface area contributed by atoms with Crippen molar-refractivity contribution in [3.8, 4) is 0 Å². The lowest BCUT2D eigenvalue weighted by molar-refractivity contribution is 0.596. The Labute approximate surface area is 136 Å². The maximum Gasteiger partial charge on any atom is 0.178 e. The molecule has 0 aromatic heterocycles. The predicted molar refractivity (Wildman–Crippen MR) is 92.9 cm³/mol. The Morgan fingerprint density at radius 3 is 1.96 bits per heavy atom. The zero-order chi connectivity index (χ0) is 16.7. The van der Waals surface area contributed by atoms with Gasteiger partial charge in [-0.15, -0.1) is 0 Å². The summed E-state index contributed by atoms with van der Waals surface area (Å²) in [5.74, 6) is 0.0502. The molecule has 0 saturated carbocycles. The molecular formula is C17H19N3O2S. The van der Waals surface area contributed by atoms with Crippen LogP contribution in [0.2, 0.25) is 0 Å². The first-order valence-corrected chi connectivity index (χ1v) is 8.88. The van der Waals surface area contributed by atoms with Gasteiger partial charge in [0.15, 0.2) is 9.84 Å².